The van der Waals surface area contributed by atoms with Crippen molar-refractivity contribution in [3.63, 3.8) is 0 Å². The van der Waals surface area contributed by atoms with Crippen LogP contribution in [0.2, 0.25) is 0 Å². The van der Waals surface area contributed by atoms with Crippen LogP contribution in [0.4, 0.5) is 0 Å². The van der Waals surface area contributed by atoms with E-state index in [1.807, 2.05) is 6.92 Å². The van der Waals surface area contributed by atoms with E-state index < -0.39 is 22.3 Å². The van der Waals surface area contributed by atoms with Crippen LogP contribution in [0.1, 0.15) is 26.7 Å². The number of rotatable bonds is 9. The van der Waals surface area contributed by atoms with Gasteiger partial charge in [0.15, 0.2) is 0 Å². The van der Waals surface area contributed by atoms with Crippen LogP contribution in [0.3, 0.4) is 0 Å². The number of halogens is 2. The van der Waals surface area contributed by atoms with E-state index in [9.17, 15) is 9.90 Å². The first kappa shape index (κ1) is 20.0. The zero-order valence-electron chi connectivity index (χ0n) is 12.4. The van der Waals surface area contributed by atoms with Crippen molar-refractivity contribution in [1.82, 2.24) is 0 Å². The van der Waals surface area contributed by atoms with Crippen molar-refractivity contribution in [3.05, 3.63) is 48.6 Å². The number of carboxylic acid groups (broad SMARTS) is 1. The Labute approximate surface area is 136 Å². The van der Waals surface area contributed by atoms with Crippen molar-refractivity contribution in [1.29, 1.82) is 0 Å². The molecule has 0 aliphatic carbocycles. The van der Waals surface area contributed by atoms with Gasteiger partial charge >= 0.3 is 5.97 Å². The van der Waals surface area contributed by atoms with Crippen molar-refractivity contribution >= 4 is 29.2 Å². The Kier molecular flexibility index (Phi) is 8.64. The molecule has 21 heavy (non-hydrogen) atoms. The van der Waals surface area contributed by atoms with Gasteiger partial charge in [-0.15, -0.1) is 29.8 Å². The fraction of sp³-hybridized carbons (Fsp3) is 0.438. The molecule has 0 amide bonds. The van der Waals surface area contributed by atoms with Gasteiger partial charge < -0.3 is 10.2 Å². The molecule has 0 fully saturated rings. The summed E-state index contributed by atoms with van der Waals surface area (Å²) in [5.41, 5.74) is 1.17. The van der Waals surface area contributed by atoms with E-state index >= 15 is 0 Å². The molecule has 0 saturated heterocycles. The minimum atomic E-state index is -1.00. The monoisotopic (exact) mass is 332 g/mol. The van der Waals surface area contributed by atoms with Crippen molar-refractivity contribution < 1.29 is 15.0 Å². The van der Waals surface area contributed by atoms with E-state index in [1.165, 1.54) is 0 Å². The number of aliphatic carboxylic acids is 1. The molecule has 0 aromatic carbocycles. The molecule has 0 saturated carbocycles. The molecule has 0 aliphatic heterocycles. The molecule has 3 atom stereocenters. The molecule has 0 bridgehead atoms. The average molecular weight is 333 g/mol. The quantitative estimate of drug-likeness (QED) is 0.380. The van der Waals surface area contributed by atoms with E-state index in [4.69, 9.17) is 28.3 Å². The highest BCUT2D eigenvalue weighted by molar-refractivity contribution is 6.34. The first-order valence-electron chi connectivity index (χ1n) is 6.49. The van der Waals surface area contributed by atoms with Gasteiger partial charge in [0.05, 0.1) is 22.8 Å². The van der Waals surface area contributed by atoms with Gasteiger partial charge in [0, 0.05) is 0 Å². The van der Waals surface area contributed by atoms with Gasteiger partial charge in [0.1, 0.15) is 0 Å². The normalized spacial score (nSPS) is 18.0. The van der Waals surface area contributed by atoms with Crippen LogP contribution in [-0.2, 0) is 4.79 Å². The van der Waals surface area contributed by atoms with Crippen LogP contribution in [-0.4, -0.2) is 32.5 Å². The maximum absolute atomic E-state index is 10.5. The Bertz CT molecular complexity index is 450. The number of allylic oxidation sites excluding steroid dienone is 4. The summed E-state index contributed by atoms with van der Waals surface area (Å²) in [6.45, 7) is 10.8. The lowest BCUT2D eigenvalue weighted by molar-refractivity contribution is -0.136. The largest absolute Gasteiger partial charge is 0.481 e. The van der Waals surface area contributed by atoms with E-state index in [2.05, 4.69) is 13.2 Å². The maximum Gasteiger partial charge on any atom is 0.307 e. The second-order valence-corrected chi connectivity index (χ2v) is 6.33. The third-order valence-corrected chi connectivity index (χ3v) is 4.08. The average Bonchev–Trinajstić information content (AvgIpc) is 2.40. The van der Waals surface area contributed by atoms with E-state index in [0.29, 0.717) is 6.42 Å². The topological polar surface area (TPSA) is 57.5 Å². The number of aliphatic hydroxyl groups excluding tert-OH is 1. The number of carboxylic acids is 1. The molecule has 0 radical (unpaired) electrons. The molecular weight excluding hydrogens is 311 g/mol. The van der Waals surface area contributed by atoms with Gasteiger partial charge in [-0.1, -0.05) is 36.5 Å². The zero-order chi connectivity index (χ0) is 16.6. The van der Waals surface area contributed by atoms with Crippen LogP contribution < -0.4 is 0 Å². The predicted octanol–water partition coefficient (Wildman–Crippen LogP) is 4.06. The number of alkyl halides is 2. The summed E-state index contributed by atoms with van der Waals surface area (Å²) in [5, 5.41) is 18.0. The highest BCUT2D eigenvalue weighted by Gasteiger charge is 2.24. The second kappa shape index (κ2) is 9.08. The summed E-state index contributed by atoms with van der Waals surface area (Å²) in [5.74, 6) is -1.00. The van der Waals surface area contributed by atoms with Crippen molar-refractivity contribution in [2.75, 3.05) is 0 Å². The summed E-state index contributed by atoms with van der Waals surface area (Å²) < 4.78 is 0. The van der Waals surface area contributed by atoms with E-state index in [1.54, 1.807) is 31.2 Å². The third kappa shape index (κ3) is 8.10. The third-order valence-electron chi connectivity index (χ3n) is 2.98. The lowest BCUT2D eigenvalue weighted by Crippen LogP contribution is -2.24. The van der Waals surface area contributed by atoms with Crippen LogP contribution in [0.15, 0.2) is 48.6 Å². The Morgan fingerprint density at radius 3 is 2.52 bits per heavy atom. The van der Waals surface area contributed by atoms with Crippen molar-refractivity contribution in [2.24, 2.45) is 0 Å². The molecule has 118 valence electrons. The summed E-state index contributed by atoms with van der Waals surface area (Å²) in [4.78, 5) is 9.79. The summed E-state index contributed by atoms with van der Waals surface area (Å²) in [6, 6.07) is 0. The van der Waals surface area contributed by atoms with Crippen LogP contribution in [0.5, 0.6) is 0 Å². The fourth-order valence-electron chi connectivity index (χ4n) is 1.38. The highest BCUT2D eigenvalue weighted by Crippen LogP contribution is 2.26. The molecule has 2 N–H and O–H groups in total. The number of carbonyl (C=O) groups is 1. The minimum Gasteiger partial charge on any atom is -0.481 e. The summed E-state index contributed by atoms with van der Waals surface area (Å²) in [7, 11) is 0. The molecule has 0 aliphatic rings. The molecule has 0 aromatic heterocycles. The van der Waals surface area contributed by atoms with Gasteiger partial charge in [0.25, 0.3) is 0 Å². The fourth-order valence-corrected chi connectivity index (χ4v) is 1.62. The Balaban J connectivity index is 4.53. The van der Waals surface area contributed by atoms with Crippen LogP contribution >= 0.6 is 23.2 Å². The summed E-state index contributed by atoms with van der Waals surface area (Å²) in [6.07, 6.45) is 6.11. The number of hydrogen-bond acceptors (Lipinski definition) is 2. The minimum absolute atomic E-state index is 0.239. The molecule has 0 heterocycles. The first-order chi connectivity index (χ1) is 9.60. The summed E-state index contributed by atoms with van der Waals surface area (Å²) >= 11 is 12.3. The number of hydrogen-bond donors (Lipinski definition) is 2. The maximum atomic E-state index is 10.5. The second-order valence-electron chi connectivity index (χ2n) is 5.04. The lowest BCUT2D eigenvalue weighted by atomic mass is 10.0. The molecule has 0 rings (SSSR count). The van der Waals surface area contributed by atoms with Gasteiger partial charge in [-0.3, -0.25) is 4.79 Å². The van der Waals surface area contributed by atoms with Gasteiger partial charge in [-0.25, -0.2) is 0 Å². The number of aliphatic hydroxyl groups is 1. The van der Waals surface area contributed by atoms with Gasteiger partial charge in [-0.2, -0.15) is 0 Å². The zero-order valence-corrected chi connectivity index (χ0v) is 13.9. The van der Waals surface area contributed by atoms with Crippen molar-refractivity contribution in [3.8, 4) is 0 Å². The Hall–Kier alpha value is -1.03. The Morgan fingerprint density at radius 1 is 1.48 bits per heavy atom. The molecule has 5 heteroatoms. The Morgan fingerprint density at radius 2 is 2.05 bits per heavy atom. The molecular formula is C16H22Cl2O3. The van der Waals surface area contributed by atoms with Crippen molar-refractivity contribution in [2.45, 2.75) is 43.0 Å². The molecule has 3 nitrogen and oxygen atoms in total. The smallest absolute Gasteiger partial charge is 0.307 e. The van der Waals surface area contributed by atoms with E-state index in [0.717, 1.165) is 5.57 Å². The SMILES string of the molecule is C=CC(C)(Cl)C(Cl)C=CC(C)=CCC(O)C(=C)CC(=O)O. The van der Waals surface area contributed by atoms with E-state index in [-0.39, 0.29) is 12.0 Å². The molecule has 0 aromatic rings. The first-order valence-corrected chi connectivity index (χ1v) is 7.30. The van der Waals surface area contributed by atoms with Gasteiger partial charge in [-0.05, 0) is 25.8 Å². The van der Waals surface area contributed by atoms with Crippen LogP contribution in [0, 0.1) is 0 Å². The molecule has 0 spiro atoms. The van der Waals surface area contributed by atoms with Crippen LogP contribution in [0.25, 0.3) is 0 Å². The standard InChI is InChI=1S/C16H22Cl2O3/c1-5-16(4,18)14(17)9-7-11(2)6-8-13(19)12(3)10-15(20)21/h5-7,9,13-14,19H,1,3,8,10H2,2,4H3,(H,20,21). The highest BCUT2D eigenvalue weighted by atomic mass is 35.5. The molecule has 3 unspecified atom stereocenters. The van der Waals surface area contributed by atoms with Gasteiger partial charge in [0.2, 0.25) is 0 Å². The predicted molar refractivity (Wildman–Crippen MR) is 89.0 cm³/mol. The lowest BCUT2D eigenvalue weighted by Gasteiger charge is -2.20.